The molecule has 0 saturated carbocycles. The van der Waals surface area contributed by atoms with E-state index in [9.17, 15) is 20.3 Å². The number of aliphatic hydroxyl groups excluding tert-OH is 1. The maximum Gasteiger partial charge on any atom is 0.320 e. The number of aromatic nitrogens is 1. The van der Waals surface area contributed by atoms with Crippen molar-refractivity contribution in [2.75, 3.05) is 26.2 Å². The highest BCUT2D eigenvalue weighted by Crippen LogP contribution is 2.37. The number of nitrogens with one attached hydrogen (secondary N) is 1. The van der Waals surface area contributed by atoms with Crippen LogP contribution in [0.25, 0.3) is 11.1 Å². The number of pyridine rings is 1. The number of benzene rings is 4. The summed E-state index contributed by atoms with van der Waals surface area (Å²) in [5.41, 5.74) is 8.04. The van der Waals surface area contributed by atoms with Gasteiger partial charge in [0.05, 0.1) is 23.3 Å². The van der Waals surface area contributed by atoms with Crippen LogP contribution in [0.1, 0.15) is 70.7 Å². The SMILES string of the molecule is Cc1c(COc2cc(OCc3cncc(C#N)c3)c(CN3CCCC[C@H]3C(=O)O)cc2Cl)cccc1-c1cccc(OCCCNC[C@@H](O)c2ccccc2)c1C. The topological polar surface area (TPSA) is 137 Å². The summed E-state index contributed by atoms with van der Waals surface area (Å²) in [5.74, 6) is 0.944. The van der Waals surface area contributed by atoms with E-state index in [4.69, 9.17) is 25.8 Å². The normalized spacial score (nSPS) is 14.8. The molecule has 1 fully saturated rings. The van der Waals surface area contributed by atoms with E-state index in [0.717, 1.165) is 76.1 Å². The van der Waals surface area contributed by atoms with Crippen molar-refractivity contribution in [3.8, 4) is 34.4 Å². The van der Waals surface area contributed by atoms with Gasteiger partial charge in [0.15, 0.2) is 0 Å². The number of rotatable bonds is 18. The Hall–Kier alpha value is -5.44. The first kappa shape index (κ1) is 41.2. The summed E-state index contributed by atoms with van der Waals surface area (Å²) in [6.45, 7) is 7.30. The third-order valence-corrected chi connectivity index (χ3v) is 10.7. The Morgan fingerprint density at radius 1 is 0.912 bits per heavy atom. The van der Waals surface area contributed by atoms with Crippen LogP contribution in [0.15, 0.2) is 97.3 Å². The molecule has 1 saturated heterocycles. The van der Waals surface area contributed by atoms with Gasteiger partial charge in [-0.25, -0.2) is 0 Å². The van der Waals surface area contributed by atoms with Gasteiger partial charge in [0.25, 0.3) is 0 Å². The van der Waals surface area contributed by atoms with Crippen LogP contribution in [-0.2, 0) is 24.6 Å². The number of carbonyl (C=O) groups is 1. The van der Waals surface area contributed by atoms with Crippen LogP contribution in [0.4, 0.5) is 0 Å². The number of carboxylic acids is 1. The Kier molecular flexibility index (Phi) is 14.5. The van der Waals surface area contributed by atoms with Gasteiger partial charge >= 0.3 is 5.97 Å². The van der Waals surface area contributed by atoms with E-state index in [2.05, 4.69) is 42.4 Å². The second-order valence-electron chi connectivity index (χ2n) is 14.3. The maximum absolute atomic E-state index is 12.1. The van der Waals surface area contributed by atoms with Crippen molar-refractivity contribution in [1.29, 1.82) is 5.26 Å². The molecule has 5 aromatic rings. The van der Waals surface area contributed by atoms with Gasteiger partial charge < -0.3 is 29.7 Å². The van der Waals surface area contributed by atoms with E-state index in [-0.39, 0.29) is 13.2 Å². The van der Waals surface area contributed by atoms with E-state index >= 15 is 0 Å². The molecule has 3 N–H and O–H groups in total. The van der Waals surface area contributed by atoms with Crippen molar-refractivity contribution in [2.45, 2.75) is 71.4 Å². The second kappa shape index (κ2) is 20.1. The van der Waals surface area contributed by atoms with Crippen LogP contribution in [0.3, 0.4) is 0 Å². The lowest BCUT2D eigenvalue weighted by Gasteiger charge is -2.33. The summed E-state index contributed by atoms with van der Waals surface area (Å²) in [6.07, 6.45) is 5.76. The molecule has 0 unspecified atom stereocenters. The molecule has 0 bridgehead atoms. The molecule has 1 aromatic heterocycles. The van der Waals surface area contributed by atoms with Crippen LogP contribution >= 0.6 is 11.6 Å². The molecule has 0 amide bonds. The third kappa shape index (κ3) is 10.9. The lowest BCUT2D eigenvalue weighted by atomic mass is 9.93. The molecule has 10 nitrogen and oxygen atoms in total. The van der Waals surface area contributed by atoms with Crippen LogP contribution < -0.4 is 19.5 Å². The number of halogens is 1. The Labute approximate surface area is 339 Å². The number of aliphatic hydroxyl groups is 1. The Morgan fingerprint density at radius 3 is 2.47 bits per heavy atom. The predicted molar refractivity (Wildman–Crippen MR) is 220 cm³/mol. The molecular weight excluding hydrogens is 740 g/mol. The number of carboxylic acid groups (broad SMARTS) is 1. The summed E-state index contributed by atoms with van der Waals surface area (Å²) in [6, 6.07) is 28.7. The van der Waals surface area contributed by atoms with Crippen LogP contribution in [0.5, 0.6) is 17.2 Å². The molecule has 0 radical (unpaired) electrons. The molecule has 6 rings (SSSR count). The van der Waals surface area contributed by atoms with Gasteiger partial charge in [-0.05, 0) is 97.8 Å². The predicted octanol–water partition coefficient (Wildman–Crippen LogP) is 8.58. The Morgan fingerprint density at radius 2 is 1.68 bits per heavy atom. The second-order valence-corrected chi connectivity index (χ2v) is 14.7. The molecule has 11 heteroatoms. The lowest BCUT2D eigenvalue weighted by Crippen LogP contribution is -2.44. The first-order valence-electron chi connectivity index (χ1n) is 19.4. The van der Waals surface area contributed by atoms with Crippen LogP contribution in [0.2, 0.25) is 5.02 Å². The largest absolute Gasteiger partial charge is 0.493 e. The molecule has 2 atom stereocenters. The number of hydrogen-bond donors (Lipinski definition) is 3. The smallest absolute Gasteiger partial charge is 0.320 e. The number of piperidine rings is 1. The zero-order valence-electron chi connectivity index (χ0n) is 32.4. The van der Waals surface area contributed by atoms with Gasteiger partial charge in [-0.3, -0.25) is 14.7 Å². The first-order valence-corrected chi connectivity index (χ1v) is 19.7. The molecule has 4 aromatic carbocycles. The third-order valence-electron chi connectivity index (χ3n) is 10.4. The van der Waals surface area contributed by atoms with Crippen molar-refractivity contribution in [3.63, 3.8) is 0 Å². The molecule has 0 aliphatic carbocycles. The van der Waals surface area contributed by atoms with Gasteiger partial charge in [-0.1, -0.05) is 78.7 Å². The molecule has 1 aliphatic rings. The van der Waals surface area contributed by atoms with Crippen molar-refractivity contribution >= 4 is 17.6 Å². The highest BCUT2D eigenvalue weighted by Gasteiger charge is 2.29. The number of likely N-dealkylation sites (tertiary alicyclic amines) is 1. The minimum Gasteiger partial charge on any atom is -0.493 e. The van der Waals surface area contributed by atoms with E-state index in [0.29, 0.717) is 54.7 Å². The van der Waals surface area contributed by atoms with Crippen molar-refractivity contribution < 1.29 is 29.2 Å². The maximum atomic E-state index is 12.1. The minimum absolute atomic E-state index is 0.151. The van der Waals surface area contributed by atoms with Crippen molar-refractivity contribution in [1.82, 2.24) is 15.2 Å². The lowest BCUT2D eigenvalue weighted by molar-refractivity contribution is -0.144. The van der Waals surface area contributed by atoms with Crippen LogP contribution in [0, 0.1) is 25.2 Å². The molecule has 296 valence electrons. The molecule has 2 heterocycles. The van der Waals surface area contributed by atoms with Crippen molar-refractivity contribution in [3.05, 3.63) is 141 Å². The van der Waals surface area contributed by atoms with Gasteiger partial charge in [-0.15, -0.1) is 0 Å². The van der Waals surface area contributed by atoms with E-state index in [1.54, 1.807) is 24.4 Å². The zero-order chi connectivity index (χ0) is 40.1. The highest BCUT2D eigenvalue weighted by atomic mass is 35.5. The average molecular weight is 789 g/mol. The summed E-state index contributed by atoms with van der Waals surface area (Å²) in [4.78, 5) is 18.2. The first-order chi connectivity index (χ1) is 27.7. The van der Waals surface area contributed by atoms with Crippen LogP contribution in [-0.4, -0.2) is 58.3 Å². The molecule has 0 spiro atoms. The molecular formula is C46H49ClN4O6. The fourth-order valence-electron chi connectivity index (χ4n) is 7.17. The monoisotopic (exact) mass is 788 g/mol. The number of hydrogen-bond acceptors (Lipinski definition) is 9. The number of nitrogens with zero attached hydrogens (tertiary/aromatic N) is 3. The summed E-state index contributed by atoms with van der Waals surface area (Å²) < 4.78 is 18.9. The van der Waals surface area contributed by atoms with E-state index in [1.165, 1.54) is 6.20 Å². The Balaban J connectivity index is 1.13. The van der Waals surface area contributed by atoms with Gasteiger partial charge in [0.1, 0.15) is 42.6 Å². The number of nitriles is 1. The van der Waals surface area contributed by atoms with Gasteiger partial charge in [0, 0.05) is 42.7 Å². The quantitative estimate of drug-likeness (QED) is 0.0741. The molecule has 57 heavy (non-hydrogen) atoms. The fourth-order valence-corrected chi connectivity index (χ4v) is 7.41. The standard InChI is InChI=1S/C46H49ClN4O6/c1-31-36(13-8-14-38(31)39-15-9-17-43(32(39)2)55-20-10-18-49-27-42(52)35-11-4-3-5-12-35)30-57-45-23-44(56-29-34-21-33(24-48)25-50-26-34)37(22-40(45)47)28-51-19-7-6-16-41(51)46(53)54/h3-5,8-9,11-15,17,21-23,25-26,41-42,49,52H,6-7,10,16,18-20,27-30H2,1-2H3,(H,53,54)/t41-,42+/m0/s1. The van der Waals surface area contributed by atoms with E-state index in [1.807, 2.05) is 59.5 Å². The summed E-state index contributed by atoms with van der Waals surface area (Å²) >= 11 is 6.86. The number of ether oxygens (including phenoxy) is 3. The van der Waals surface area contributed by atoms with Gasteiger partial charge in [0.2, 0.25) is 0 Å². The van der Waals surface area contributed by atoms with E-state index < -0.39 is 18.1 Å². The minimum atomic E-state index is -0.838. The average Bonchev–Trinajstić information content (AvgIpc) is 3.23. The fraction of sp³-hybridized carbons (Fsp3) is 0.326. The molecule has 1 aliphatic heterocycles. The zero-order valence-corrected chi connectivity index (χ0v) is 33.2. The number of aliphatic carboxylic acids is 1. The summed E-state index contributed by atoms with van der Waals surface area (Å²) in [5, 5.41) is 33.4. The highest BCUT2D eigenvalue weighted by molar-refractivity contribution is 6.32. The van der Waals surface area contributed by atoms with Crippen molar-refractivity contribution in [2.24, 2.45) is 0 Å². The van der Waals surface area contributed by atoms with Gasteiger partial charge in [-0.2, -0.15) is 5.26 Å². The Bertz CT molecular complexity index is 2180. The summed E-state index contributed by atoms with van der Waals surface area (Å²) in [7, 11) is 0.